The highest BCUT2D eigenvalue weighted by Gasteiger charge is 2.33. The SMILES string of the molecule is COc1c(C)nc(C2CC2)nc1NC[C@@H]1CCO[C@@H]1c1n[nH]c(C)n1. The van der Waals surface area contributed by atoms with Gasteiger partial charge in [-0.2, -0.15) is 5.10 Å². The topological polar surface area (TPSA) is 97.8 Å². The summed E-state index contributed by atoms with van der Waals surface area (Å²) in [5, 5.41) is 10.6. The van der Waals surface area contributed by atoms with Crippen LogP contribution >= 0.6 is 0 Å². The van der Waals surface area contributed by atoms with Crippen LogP contribution in [0.4, 0.5) is 5.82 Å². The van der Waals surface area contributed by atoms with Gasteiger partial charge >= 0.3 is 0 Å². The van der Waals surface area contributed by atoms with Crippen LogP contribution in [0.3, 0.4) is 0 Å². The van der Waals surface area contributed by atoms with Crippen LogP contribution in [0.15, 0.2) is 0 Å². The van der Waals surface area contributed by atoms with Gasteiger partial charge in [0.2, 0.25) is 0 Å². The van der Waals surface area contributed by atoms with Crippen molar-refractivity contribution in [3.63, 3.8) is 0 Å². The standard InChI is InChI=1S/C17H24N6O2/c1-9-13(24-3)16(21-15(19-9)11-4-5-11)18-8-12-6-7-25-14(12)17-20-10(2)22-23-17/h11-12,14H,4-8H2,1-3H3,(H,18,19,21)(H,20,22,23)/t12-,14-/m0/s1. The normalized spacial score (nSPS) is 23.0. The number of H-pyrrole nitrogens is 1. The monoisotopic (exact) mass is 344 g/mol. The summed E-state index contributed by atoms with van der Waals surface area (Å²) in [5.41, 5.74) is 0.880. The van der Waals surface area contributed by atoms with Gasteiger partial charge in [-0.1, -0.05) is 0 Å². The van der Waals surface area contributed by atoms with Gasteiger partial charge in [0.15, 0.2) is 17.4 Å². The molecule has 1 aliphatic heterocycles. The smallest absolute Gasteiger partial charge is 0.182 e. The molecule has 2 aliphatic rings. The van der Waals surface area contributed by atoms with E-state index >= 15 is 0 Å². The highest BCUT2D eigenvalue weighted by molar-refractivity contribution is 5.53. The summed E-state index contributed by atoms with van der Waals surface area (Å²) in [6, 6.07) is 0. The number of aryl methyl sites for hydroxylation is 2. The molecule has 2 N–H and O–H groups in total. The van der Waals surface area contributed by atoms with E-state index in [9.17, 15) is 0 Å². The molecule has 2 aromatic heterocycles. The molecule has 2 atom stereocenters. The second kappa shape index (κ2) is 6.59. The Morgan fingerprint density at radius 1 is 1.16 bits per heavy atom. The first-order chi connectivity index (χ1) is 12.2. The van der Waals surface area contributed by atoms with E-state index in [1.165, 1.54) is 12.8 Å². The quantitative estimate of drug-likeness (QED) is 0.829. The van der Waals surface area contributed by atoms with E-state index in [0.717, 1.165) is 48.6 Å². The van der Waals surface area contributed by atoms with E-state index in [1.54, 1.807) is 7.11 Å². The minimum Gasteiger partial charge on any atom is -0.491 e. The van der Waals surface area contributed by atoms with Gasteiger partial charge in [0, 0.05) is 25.0 Å². The number of nitrogens with zero attached hydrogens (tertiary/aromatic N) is 4. The van der Waals surface area contributed by atoms with Crippen LogP contribution in [-0.2, 0) is 4.74 Å². The number of anilines is 1. The maximum absolute atomic E-state index is 5.86. The molecule has 1 aliphatic carbocycles. The fraction of sp³-hybridized carbons (Fsp3) is 0.647. The second-order valence-corrected chi connectivity index (χ2v) is 6.82. The largest absolute Gasteiger partial charge is 0.491 e. The third-order valence-electron chi connectivity index (χ3n) is 4.81. The highest BCUT2D eigenvalue weighted by atomic mass is 16.5. The lowest BCUT2D eigenvalue weighted by Gasteiger charge is -2.18. The van der Waals surface area contributed by atoms with Crippen LogP contribution in [0.5, 0.6) is 5.75 Å². The first kappa shape index (κ1) is 16.3. The van der Waals surface area contributed by atoms with Gasteiger partial charge in [-0.25, -0.2) is 15.0 Å². The number of rotatable bonds is 6. The molecule has 0 radical (unpaired) electrons. The van der Waals surface area contributed by atoms with Crippen LogP contribution in [0.1, 0.15) is 54.5 Å². The Morgan fingerprint density at radius 2 is 2.00 bits per heavy atom. The van der Waals surface area contributed by atoms with Crippen molar-refractivity contribution >= 4 is 5.82 Å². The van der Waals surface area contributed by atoms with Crippen LogP contribution in [0, 0.1) is 19.8 Å². The number of hydrogen-bond acceptors (Lipinski definition) is 7. The average molecular weight is 344 g/mol. The van der Waals surface area contributed by atoms with E-state index in [1.807, 2.05) is 13.8 Å². The zero-order valence-electron chi connectivity index (χ0n) is 14.9. The van der Waals surface area contributed by atoms with Crippen LogP contribution < -0.4 is 10.1 Å². The average Bonchev–Trinajstić information content (AvgIpc) is 3.20. The van der Waals surface area contributed by atoms with Crippen molar-refractivity contribution in [2.24, 2.45) is 5.92 Å². The molecular formula is C17H24N6O2. The Bertz CT molecular complexity index is 758. The number of nitrogens with one attached hydrogen (secondary N) is 2. The van der Waals surface area contributed by atoms with Crippen LogP contribution in [-0.4, -0.2) is 45.4 Å². The van der Waals surface area contributed by atoms with Crippen molar-refractivity contribution in [1.82, 2.24) is 25.1 Å². The van der Waals surface area contributed by atoms with Gasteiger partial charge in [0.05, 0.1) is 12.8 Å². The summed E-state index contributed by atoms with van der Waals surface area (Å²) >= 11 is 0. The highest BCUT2D eigenvalue weighted by Crippen LogP contribution is 2.40. The summed E-state index contributed by atoms with van der Waals surface area (Å²) in [6.07, 6.45) is 3.23. The van der Waals surface area contributed by atoms with Crippen molar-refractivity contribution < 1.29 is 9.47 Å². The molecule has 8 heteroatoms. The molecule has 1 saturated heterocycles. The maximum atomic E-state index is 5.86. The zero-order chi connectivity index (χ0) is 17.4. The van der Waals surface area contributed by atoms with Gasteiger partial charge in [0.1, 0.15) is 17.8 Å². The molecule has 2 aromatic rings. The molecule has 2 fully saturated rings. The fourth-order valence-corrected chi connectivity index (χ4v) is 3.32. The summed E-state index contributed by atoms with van der Waals surface area (Å²) in [5.74, 6) is 4.74. The molecule has 4 rings (SSSR count). The number of ether oxygens (including phenoxy) is 2. The van der Waals surface area contributed by atoms with E-state index in [0.29, 0.717) is 17.6 Å². The molecule has 1 saturated carbocycles. The first-order valence-electron chi connectivity index (χ1n) is 8.82. The lowest BCUT2D eigenvalue weighted by atomic mass is 10.0. The fourth-order valence-electron chi connectivity index (χ4n) is 3.32. The first-order valence-corrected chi connectivity index (χ1v) is 8.82. The van der Waals surface area contributed by atoms with Gasteiger partial charge < -0.3 is 14.8 Å². The van der Waals surface area contributed by atoms with Crippen LogP contribution in [0.25, 0.3) is 0 Å². The van der Waals surface area contributed by atoms with Gasteiger partial charge in [-0.05, 0) is 33.1 Å². The van der Waals surface area contributed by atoms with E-state index in [2.05, 4.69) is 25.5 Å². The van der Waals surface area contributed by atoms with Crippen molar-refractivity contribution in [2.45, 2.75) is 45.1 Å². The number of hydrogen-bond donors (Lipinski definition) is 2. The van der Waals surface area contributed by atoms with Crippen LogP contribution in [0.2, 0.25) is 0 Å². The Balaban J connectivity index is 1.50. The van der Waals surface area contributed by atoms with Crippen molar-refractivity contribution in [3.8, 4) is 5.75 Å². The van der Waals surface area contributed by atoms with E-state index in [4.69, 9.17) is 14.5 Å². The summed E-state index contributed by atoms with van der Waals surface area (Å²) in [7, 11) is 1.66. The third-order valence-corrected chi connectivity index (χ3v) is 4.81. The molecule has 8 nitrogen and oxygen atoms in total. The van der Waals surface area contributed by atoms with Crippen molar-refractivity contribution in [1.29, 1.82) is 0 Å². The molecule has 134 valence electrons. The summed E-state index contributed by atoms with van der Waals surface area (Å²) in [4.78, 5) is 13.7. The van der Waals surface area contributed by atoms with Gasteiger partial charge in [0.25, 0.3) is 0 Å². The summed E-state index contributed by atoms with van der Waals surface area (Å²) < 4.78 is 11.4. The number of aromatic nitrogens is 5. The molecular weight excluding hydrogens is 320 g/mol. The maximum Gasteiger partial charge on any atom is 0.182 e. The predicted molar refractivity (Wildman–Crippen MR) is 91.7 cm³/mol. The molecule has 0 bridgehead atoms. The molecule has 0 amide bonds. The Kier molecular flexibility index (Phi) is 4.29. The minimum atomic E-state index is -0.0886. The third kappa shape index (κ3) is 3.30. The molecule has 0 aromatic carbocycles. The Hall–Kier alpha value is -2.22. The molecule has 0 spiro atoms. The van der Waals surface area contributed by atoms with Crippen molar-refractivity contribution in [2.75, 3.05) is 25.6 Å². The molecule has 0 unspecified atom stereocenters. The van der Waals surface area contributed by atoms with E-state index < -0.39 is 0 Å². The lowest BCUT2D eigenvalue weighted by molar-refractivity contribution is 0.0863. The Labute approximate surface area is 146 Å². The minimum absolute atomic E-state index is 0.0886. The molecule has 25 heavy (non-hydrogen) atoms. The van der Waals surface area contributed by atoms with E-state index in [-0.39, 0.29) is 6.10 Å². The summed E-state index contributed by atoms with van der Waals surface area (Å²) in [6.45, 7) is 5.31. The predicted octanol–water partition coefficient (Wildman–Crippen LogP) is 2.29. The Morgan fingerprint density at radius 3 is 2.68 bits per heavy atom. The van der Waals surface area contributed by atoms with Gasteiger partial charge in [-0.15, -0.1) is 0 Å². The van der Waals surface area contributed by atoms with Gasteiger partial charge in [-0.3, -0.25) is 5.10 Å². The zero-order valence-corrected chi connectivity index (χ0v) is 14.9. The van der Waals surface area contributed by atoms with Crippen molar-refractivity contribution in [3.05, 3.63) is 23.2 Å². The molecule has 3 heterocycles. The number of aromatic amines is 1. The number of methoxy groups -OCH3 is 1. The lowest BCUT2D eigenvalue weighted by Crippen LogP contribution is -2.20. The second-order valence-electron chi connectivity index (χ2n) is 6.82.